The molecule has 1 unspecified atom stereocenters. The monoisotopic (exact) mass is 390 g/mol. The van der Waals surface area contributed by atoms with Crippen molar-refractivity contribution >= 4 is 21.9 Å². The van der Waals surface area contributed by atoms with Gasteiger partial charge >= 0.3 is 5.97 Å². The van der Waals surface area contributed by atoms with Crippen LogP contribution >= 0.6 is 0 Å². The second-order valence-corrected chi connectivity index (χ2v) is 9.81. The first kappa shape index (κ1) is 21.1. The Hall–Kier alpha value is -1.19. The number of morpholine rings is 1. The van der Waals surface area contributed by atoms with Crippen molar-refractivity contribution in [3.63, 3.8) is 0 Å². The number of ether oxygens (including phenoxy) is 1. The SMILES string of the molecule is CC1(CC(=O)N2CCOC(CN(CC(=O)O)S(C)(=O)=O)C2)CCCCC1. The molecule has 9 heteroatoms. The molecule has 1 saturated carbocycles. The van der Waals surface area contributed by atoms with Gasteiger partial charge in [0.2, 0.25) is 15.9 Å². The van der Waals surface area contributed by atoms with Gasteiger partial charge in [0.05, 0.1) is 19.0 Å². The Bertz CT molecular complexity index is 615. The number of amides is 1. The molecule has 0 aromatic carbocycles. The zero-order valence-corrected chi connectivity index (χ0v) is 16.5. The predicted molar refractivity (Wildman–Crippen MR) is 96.2 cm³/mol. The van der Waals surface area contributed by atoms with E-state index >= 15 is 0 Å². The Balaban J connectivity index is 1.94. The molecule has 2 fully saturated rings. The van der Waals surface area contributed by atoms with Crippen molar-refractivity contribution in [3.05, 3.63) is 0 Å². The van der Waals surface area contributed by atoms with E-state index < -0.39 is 28.6 Å². The number of aliphatic carboxylic acids is 1. The van der Waals surface area contributed by atoms with Crippen molar-refractivity contribution in [1.82, 2.24) is 9.21 Å². The highest BCUT2D eigenvalue weighted by atomic mass is 32.2. The van der Waals surface area contributed by atoms with Crippen LogP contribution in [-0.2, 0) is 24.3 Å². The Kier molecular flexibility index (Phi) is 7.04. The van der Waals surface area contributed by atoms with Gasteiger partial charge in [-0.25, -0.2) is 8.42 Å². The molecule has 1 aliphatic heterocycles. The lowest BCUT2D eigenvalue weighted by Gasteiger charge is -2.38. The summed E-state index contributed by atoms with van der Waals surface area (Å²) in [6, 6.07) is 0. The van der Waals surface area contributed by atoms with Crippen LogP contribution in [0.2, 0.25) is 0 Å². The van der Waals surface area contributed by atoms with E-state index in [9.17, 15) is 18.0 Å². The Morgan fingerprint density at radius 1 is 1.27 bits per heavy atom. The Morgan fingerprint density at radius 3 is 2.50 bits per heavy atom. The molecular formula is C17H30N2O6S. The van der Waals surface area contributed by atoms with E-state index in [-0.39, 0.29) is 17.9 Å². The summed E-state index contributed by atoms with van der Waals surface area (Å²) in [7, 11) is -3.66. The standard InChI is InChI=1S/C17H30N2O6S/c1-17(6-4-3-5-7-17)10-15(20)18-8-9-25-14(11-18)12-19(13-16(21)22)26(2,23)24/h14H,3-13H2,1-2H3,(H,21,22). The second-order valence-electron chi connectivity index (χ2n) is 7.83. The summed E-state index contributed by atoms with van der Waals surface area (Å²) >= 11 is 0. The van der Waals surface area contributed by atoms with Crippen LogP contribution in [-0.4, -0.2) is 79.8 Å². The average Bonchev–Trinajstić information content (AvgIpc) is 2.53. The molecule has 0 aromatic heterocycles. The van der Waals surface area contributed by atoms with Gasteiger partial charge in [0.15, 0.2) is 0 Å². The molecule has 150 valence electrons. The number of hydrogen-bond acceptors (Lipinski definition) is 5. The number of hydrogen-bond donors (Lipinski definition) is 1. The molecule has 8 nitrogen and oxygen atoms in total. The van der Waals surface area contributed by atoms with Gasteiger partial charge in [-0.3, -0.25) is 9.59 Å². The first-order valence-electron chi connectivity index (χ1n) is 9.15. The van der Waals surface area contributed by atoms with Crippen molar-refractivity contribution in [2.24, 2.45) is 5.41 Å². The maximum absolute atomic E-state index is 12.7. The molecule has 0 radical (unpaired) electrons. The van der Waals surface area contributed by atoms with Gasteiger partial charge in [0.25, 0.3) is 0 Å². The first-order valence-corrected chi connectivity index (χ1v) is 11.0. The molecule has 0 bridgehead atoms. The van der Waals surface area contributed by atoms with Crippen molar-refractivity contribution < 1.29 is 27.9 Å². The van der Waals surface area contributed by atoms with E-state index in [4.69, 9.17) is 9.84 Å². The fourth-order valence-electron chi connectivity index (χ4n) is 3.81. The number of carbonyl (C=O) groups excluding carboxylic acids is 1. The lowest BCUT2D eigenvalue weighted by molar-refractivity contribution is -0.143. The summed E-state index contributed by atoms with van der Waals surface area (Å²) in [6.45, 7) is 2.61. The normalized spacial score (nSPS) is 23.8. The molecule has 0 aromatic rings. The smallest absolute Gasteiger partial charge is 0.318 e. The van der Waals surface area contributed by atoms with Gasteiger partial charge in [0.1, 0.15) is 6.54 Å². The maximum Gasteiger partial charge on any atom is 0.318 e. The summed E-state index contributed by atoms with van der Waals surface area (Å²) in [5, 5.41) is 8.92. The molecule has 1 aliphatic carbocycles. The van der Waals surface area contributed by atoms with Crippen molar-refractivity contribution in [2.45, 2.75) is 51.6 Å². The van der Waals surface area contributed by atoms with Crippen LogP contribution in [0.1, 0.15) is 45.4 Å². The Morgan fingerprint density at radius 2 is 1.92 bits per heavy atom. The molecule has 1 saturated heterocycles. The summed E-state index contributed by atoms with van der Waals surface area (Å²) < 4.78 is 30.0. The molecule has 0 spiro atoms. The van der Waals surface area contributed by atoms with Crippen molar-refractivity contribution in [3.8, 4) is 0 Å². The molecule has 1 atom stereocenters. The van der Waals surface area contributed by atoms with E-state index in [2.05, 4.69) is 6.92 Å². The molecule has 1 N–H and O–H groups in total. The quantitative estimate of drug-likeness (QED) is 0.693. The van der Waals surface area contributed by atoms with E-state index in [1.54, 1.807) is 4.90 Å². The van der Waals surface area contributed by atoms with Gasteiger partial charge < -0.3 is 14.7 Å². The number of carbonyl (C=O) groups is 2. The number of carboxylic acid groups (broad SMARTS) is 1. The van der Waals surface area contributed by atoms with Gasteiger partial charge in [-0.05, 0) is 18.3 Å². The topological polar surface area (TPSA) is 104 Å². The predicted octanol–water partition coefficient (Wildman–Crippen LogP) is 0.921. The highest BCUT2D eigenvalue weighted by Gasteiger charge is 2.34. The minimum Gasteiger partial charge on any atom is -0.480 e. The van der Waals surface area contributed by atoms with E-state index in [0.717, 1.165) is 36.2 Å². The van der Waals surface area contributed by atoms with Crippen LogP contribution in [0.4, 0.5) is 0 Å². The van der Waals surface area contributed by atoms with Gasteiger partial charge in [-0.15, -0.1) is 0 Å². The Labute approximate surface area is 155 Å². The maximum atomic E-state index is 12.7. The van der Waals surface area contributed by atoms with E-state index in [1.807, 2.05) is 0 Å². The van der Waals surface area contributed by atoms with Crippen LogP contribution in [0.5, 0.6) is 0 Å². The summed E-state index contributed by atoms with van der Waals surface area (Å²) in [5.74, 6) is -1.14. The van der Waals surface area contributed by atoms with Crippen LogP contribution in [0.25, 0.3) is 0 Å². The third-order valence-electron chi connectivity index (χ3n) is 5.32. The first-order chi connectivity index (χ1) is 12.1. The van der Waals surface area contributed by atoms with Gasteiger partial charge in [0, 0.05) is 26.1 Å². The zero-order chi connectivity index (χ0) is 19.4. The van der Waals surface area contributed by atoms with Gasteiger partial charge in [-0.2, -0.15) is 4.31 Å². The molecule has 1 amide bonds. The van der Waals surface area contributed by atoms with Crippen molar-refractivity contribution in [1.29, 1.82) is 0 Å². The second kappa shape index (κ2) is 8.67. The third-order valence-corrected chi connectivity index (χ3v) is 6.53. The zero-order valence-electron chi connectivity index (χ0n) is 15.6. The fourth-order valence-corrected chi connectivity index (χ4v) is 4.59. The number of carboxylic acids is 1. The van der Waals surface area contributed by atoms with Crippen LogP contribution in [0.15, 0.2) is 0 Å². The largest absolute Gasteiger partial charge is 0.480 e. The lowest BCUT2D eigenvalue weighted by atomic mass is 9.73. The van der Waals surface area contributed by atoms with E-state index in [1.165, 1.54) is 6.42 Å². The summed E-state index contributed by atoms with van der Waals surface area (Å²) in [5.41, 5.74) is 0.0469. The average molecular weight is 391 g/mol. The van der Waals surface area contributed by atoms with Crippen LogP contribution in [0.3, 0.4) is 0 Å². The molecular weight excluding hydrogens is 360 g/mol. The third kappa shape index (κ3) is 6.21. The van der Waals surface area contributed by atoms with Crippen LogP contribution < -0.4 is 0 Å². The number of nitrogens with zero attached hydrogens (tertiary/aromatic N) is 2. The highest BCUT2D eigenvalue weighted by molar-refractivity contribution is 7.88. The lowest BCUT2D eigenvalue weighted by Crippen LogP contribution is -2.51. The van der Waals surface area contributed by atoms with Crippen molar-refractivity contribution in [2.75, 3.05) is 39.0 Å². The summed E-state index contributed by atoms with van der Waals surface area (Å²) in [4.78, 5) is 25.4. The number of rotatable bonds is 7. The van der Waals surface area contributed by atoms with Gasteiger partial charge in [-0.1, -0.05) is 26.2 Å². The van der Waals surface area contributed by atoms with E-state index in [0.29, 0.717) is 26.1 Å². The minimum absolute atomic E-state index is 0.0469. The highest BCUT2D eigenvalue weighted by Crippen LogP contribution is 2.39. The fraction of sp³-hybridized carbons (Fsp3) is 0.882. The molecule has 26 heavy (non-hydrogen) atoms. The number of sulfonamides is 1. The molecule has 2 rings (SSSR count). The molecule has 1 heterocycles. The van der Waals surface area contributed by atoms with Crippen LogP contribution in [0, 0.1) is 5.41 Å². The molecule has 2 aliphatic rings. The summed E-state index contributed by atoms with van der Waals surface area (Å²) in [6.07, 6.45) is 6.65. The minimum atomic E-state index is -3.66.